The van der Waals surface area contributed by atoms with Crippen molar-refractivity contribution >= 4 is 11.7 Å². The van der Waals surface area contributed by atoms with E-state index in [2.05, 4.69) is 25.1 Å². The van der Waals surface area contributed by atoms with Gasteiger partial charge in [0.1, 0.15) is 0 Å². The number of amides is 1. The second kappa shape index (κ2) is 4.13. The maximum Gasteiger partial charge on any atom is 0.280 e. The summed E-state index contributed by atoms with van der Waals surface area (Å²) in [5.74, 6) is 0.0679. The summed E-state index contributed by atoms with van der Waals surface area (Å²) in [6, 6.07) is 1.92. The highest BCUT2D eigenvalue weighted by Gasteiger charge is 2.31. The van der Waals surface area contributed by atoms with Gasteiger partial charge >= 0.3 is 0 Å². The molecule has 0 aliphatic carbocycles. The molecule has 0 aromatic carbocycles. The van der Waals surface area contributed by atoms with Crippen LogP contribution in [0.15, 0.2) is 16.9 Å². The Morgan fingerprint density at radius 2 is 2.44 bits per heavy atom. The average molecular weight is 248 g/mol. The number of anilines is 1. The van der Waals surface area contributed by atoms with Crippen molar-refractivity contribution in [2.24, 2.45) is 0 Å². The Kier molecular flexibility index (Phi) is 2.47. The molecule has 1 aliphatic heterocycles. The normalized spacial score (nSPS) is 19.3. The molecule has 8 heteroatoms. The van der Waals surface area contributed by atoms with Gasteiger partial charge in [-0.15, -0.1) is 0 Å². The van der Waals surface area contributed by atoms with Crippen LogP contribution >= 0.6 is 0 Å². The minimum absolute atomic E-state index is 0.0324. The Morgan fingerprint density at radius 1 is 1.56 bits per heavy atom. The average Bonchev–Trinajstić information content (AvgIpc) is 3.09. The highest BCUT2D eigenvalue weighted by atomic mass is 16.6. The van der Waals surface area contributed by atoms with E-state index in [9.17, 15) is 4.79 Å². The molecule has 0 spiro atoms. The fourth-order valence-electron chi connectivity index (χ4n) is 2.19. The molecule has 0 unspecified atom stereocenters. The molecule has 0 bridgehead atoms. The minimum Gasteiger partial charge on any atom is -0.379 e. The molecule has 3 rings (SSSR count). The number of aromatic amines is 1. The molecule has 1 saturated heterocycles. The number of nitrogens with zero attached hydrogens (tertiary/aromatic N) is 4. The summed E-state index contributed by atoms with van der Waals surface area (Å²) in [5, 5.41) is 13.8. The van der Waals surface area contributed by atoms with Gasteiger partial charge in [0.25, 0.3) is 5.91 Å². The summed E-state index contributed by atoms with van der Waals surface area (Å²) >= 11 is 0. The van der Waals surface area contributed by atoms with Crippen molar-refractivity contribution in [3.8, 4) is 0 Å². The molecule has 1 aliphatic rings. The fourth-order valence-corrected chi connectivity index (χ4v) is 2.19. The van der Waals surface area contributed by atoms with Gasteiger partial charge in [-0.25, -0.2) is 4.63 Å². The number of hydrogen-bond acceptors (Lipinski definition) is 6. The molecular formula is C10H12N6O2. The summed E-state index contributed by atoms with van der Waals surface area (Å²) in [6.07, 6.45) is 2.60. The topological polar surface area (TPSA) is 114 Å². The first-order valence-electron chi connectivity index (χ1n) is 5.62. The SMILES string of the molecule is Nc1nonc1C(=O)N1CC[C@H](c2ccn[nH]2)C1. The first kappa shape index (κ1) is 10.8. The molecule has 0 radical (unpaired) electrons. The number of H-pyrrole nitrogens is 1. The van der Waals surface area contributed by atoms with Crippen LogP contribution < -0.4 is 5.73 Å². The number of nitrogens with two attached hydrogens (primary N) is 1. The number of nitrogen functional groups attached to an aromatic ring is 1. The first-order valence-corrected chi connectivity index (χ1v) is 5.62. The molecule has 2 aromatic rings. The summed E-state index contributed by atoms with van der Waals surface area (Å²) in [7, 11) is 0. The van der Waals surface area contributed by atoms with E-state index in [0.717, 1.165) is 12.1 Å². The Bertz CT molecular complexity index is 548. The van der Waals surface area contributed by atoms with E-state index < -0.39 is 0 Å². The van der Waals surface area contributed by atoms with Crippen molar-refractivity contribution in [3.05, 3.63) is 23.7 Å². The molecule has 2 aromatic heterocycles. The Balaban J connectivity index is 1.73. The van der Waals surface area contributed by atoms with Gasteiger partial charge in [0.2, 0.25) is 11.5 Å². The molecule has 3 N–H and O–H groups in total. The number of carbonyl (C=O) groups is 1. The number of aromatic nitrogens is 4. The molecule has 3 heterocycles. The maximum absolute atomic E-state index is 12.1. The van der Waals surface area contributed by atoms with Crippen molar-refractivity contribution in [3.63, 3.8) is 0 Å². The van der Waals surface area contributed by atoms with Gasteiger partial charge in [0.15, 0.2) is 0 Å². The van der Waals surface area contributed by atoms with E-state index in [1.165, 1.54) is 0 Å². The third-order valence-corrected chi connectivity index (χ3v) is 3.15. The van der Waals surface area contributed by atoms with E-state index in [-0.39, 0.29) is 23.3 Å². The second-order valence-corrected chi connectivity index (χ2v) is 4.25. The Hall–Kier alpha value is -2.38. The van der Waals surface area contributed by atoms with E-state index in [4.69, 9.17) is 5.73 Å². The van der Waals surface area contributed by atoms with Gasteiger partial charge in [-0.2, -0.15) is 5.10 Å². The van der Waals surface area contributed by atoms with Crippen LogP contribution in [0.25, 0.3) is 0 Å². The predicted molar refractivity (Wildman–Crippen MR) is 60.6 cm³/mol. The molecule has 18 heavy (non-hydrogen) atoms. The van der Waals surface area contributed by atoms with E-state index >= 15 is 0 Å². The monoisotopic (exact) mass is 248 g/mol. The van der Waals surface area contributed by atoms with Gasteiger partial charge in [0.05, 0.1) is 0 Å². The standard InChI is InChI=1S/C10H12N6O2/c11-9-8(14-18-15-9)10(17)16-4-2-6(5-16)7-1-3-12-13-7/h1,3,6H,2,4-5H2,(H2,11,15)(H,12,13)/t6-/m0/s1. The van der Waals surface area contributed by atoms with Crippen LogP contribution in [-0.2, 0) is 0 Å². The lowest BCUT2D eigenvalue weighted by Crippen LogP contribution is -2.29. The summed E-state index contributed by atoms with van der Waals surface area (Å²) in [4.78, 5) is 13.8. The molecule has 1 fully saturated rings. The second-order valence-electron chi connectivity index (χ2n) is 4.25. The lowest BCUT2D eigenvalue weighted by atomic mass is 10.1. The van der Waals surface area contributed by atoms with Crippen LogP contribution in [0.2, 0.25) is 0 Å². The fraction of sp³-hybridized carbons (Fsp3) is 0.400. The van der Waals surface area contributed by atoms with Gasteiger partial charge in [-0.1, -0.05) is 0 Å². The van der Waals surface area contributed by atoms with E-state index in [0.29, 0.717) is 13.1 Å². The zero-order valence-corrected chi connectivity index (χ0v) is 9.54. The van der Waals surface area contributed by atoms with Gasteiger partial charge in [0, 0.05) is 30.9 Å². The Morgan fingerprint density at radius 3 is 3.11 bits per heavy atom. The van der Waals surface area contributed by atoms with Crippen molar-refractivity contribution in [1.29, 1.82) is 0 Å². The molecule has 0 saturated carbocycles. The van der Waals surface area contributed by atoms with Gasteiger partial charge in [-0.3, -0.25) is 9.89 Å². The molecular weight excluding hydrogens is 236 g/mol. The van der Waals surface area contributed by atoms with Crippen molar-refractivity contribution < 1.29 is 9.42 Å². The Labute approximate surface area is 102 Å². The van der Waals surface area contributed by atoms with Crippen LogP contribution in [0.5, 0.6) is 0 Å². The largest absolute Gasteiger partial charge is 0.379 e. The van der Waals surface area contributed by atoms with Crippen LogP contribution in [0.4, 0.5) is 5.82 Å². The van der Waals surface area contributed by atoms with Gasteiger partial charge < -0.3 is 10.6 Å². The molecule has 1 amide bonds. The maximum atomic E-state index is 12.1. The van der Waals surface area contributed by atoms with Crippen molar-refractivity contribution in [2.75, 3.05) is 18.8 Å². The summed E-state index contributed by atoms with van der Waals surface area (Å²) in [6.45, 7) is 1.28. The predicted octanol–water partition coefficient (Wildman–Crippen LogP) is 0.00460. The number of rotatable bonds is 2. The number of likely N-dealkylation sites (tertiary alicyclic amines) is 1. The number of hydrogen-bond donors (Lipinski definition) is 2. The highest BCUT2D eigenvalue weighted by Crippen LogP contribution is 2.26. The van der Waals surface area contributed by atoms with Crippen molar-refractivity contribution in [1.82, 2.24) is 25.4 Å². The summed E-state index contributed by atoms with van der Waals surface area (Å²) in [5.41, 5.74) is 6.63. The quantitative estimate of drug-likeness (QED) is 0.773. The van der Waals surface area contributed by atoms with Crippen LogP contribution in [0.1, 0.15) is 28.5 Å². The van der Waals surface area contributed by atoms with Crippen LogP contribution in [-0.4, -0.2) is 44.4 Å². The minimum atomic E-state index is -0.240. The molecule has 94 valence electrons. The highest BCUT2D eigenvalue weighted by molar-refractivity contribution is 5.96. The number of carbonyl (C=O) groups excluding carboxylic acids is 1. The summed E-state index contributed by atoms with van der Waals surface area (Å²) < 4.78 is 4.44. The molecule has 8 nitrogen and oxygen atoms in total. The first-order chi connectivity index (χ1) is 8.75. The number of nitrogens with one attached hydrogen (secondary N) is 1. The van der Waals surface area contributed by atoms with E-state index in [1.54, 1.807) is 11.1 Å². The van der Waals surface area contributed by atoms with Crippen LogP contribution in [0.3, 0.4) is 0 Å². The molecule has 1 atom stereocenters. The van der Waals surface area contributed by atoms with Crippen molar-refractivity contribution in [2.45, 2.75) is 12.3 Å². The van der Waals surface area contributed by atoms with E-state index in [1.807, 2.05) is 6.07 Å². The smallest absolute Gasteiger partial charge is 0.280 e. The zero-order valence-electron chi connectivity index (χ0n) is 9.54. The van der Waals surface area contributed by atoms with Crippen LogP contribution in [0, 0.1) is 0 Å². The lowest BCUT2D eigenvalue weighted by molar-refractivity contribution is 0.0780. The lowest BCUT2D eigenvalue weighted by Gasteiger charge is -2.14. The zero-order chi connectivity index (χ0) is 12.5. The third kappa shape index (κ3) is 1.71. The third-order valence-electron chi connectivity index (χ3n) is 3.15. The van der Waals surface area contributed by atoms with Gasteiger partial charge in [-0.05, 0) is 22.8 Å².